The highest BCUT2D eigenvalue weighted by Crippen LogP contribution is 2.29. The Morgan fingerprint density at radius 2 is 1.88 bits per heavy atom. The molecule has 0 aromatic heterocycles. The zero-order valence-corrected chi connectivity index (χ0v) is 11.5. The molecule has 3 atom stereocenters. The summed E-state index contributed by atoms with van der Waals surface area (Å²) in [6, 6.07) is 1.24. The molecule has 2 heteroatoms. The zero-order chi connectivity index (χ0) is 12.0. The van der Waals surface area contributed by atoms with Crippen LogP contribution in [-0.4, -0.2) is 25.8 Å². The smallest absolute Gasteiger partial charge is 0.0615 e. The average Bonchev–Trinajstić information content (AvgIpc) is 2.24. The summed E-state index contributed by atoms with van der Waals surface area (Å²) in [5, 5.41) is 3.83. The molecule has 2 nitrogen and oxygen atoms in total. The van der Waals surface area contributed by atoms with Crippen molar-refractivity contribution >= 4 is 0 Å². The van der Waals surface area contributed by atoms with Crippen LogP contribution in [0.2, 0.25) is 0 Å². The van der Waals surface area contributed by atoms with Gasteiger partial charge >= 0.3 is 0 Å². The fourth-order valence-corrected chi connectivity index (χ4v) is 3.05. The van der Waals surface area contributed by atoms with Crippen LogP contribution < -0.4 is 5.32 Å². The summed E-state index contributed by atoms with van der Waals surface area (Å²) in [5.41, 5.74) is 0. The summed E-state index contributed by atoms with van der Waals surface area (Å²) in [5.74, 6) is 1.64. The first-order valence-corrected chi connectivity index (χ1v) is 6.94. The molecule has 3 unspecified atom stereocenters. The molecule has 0 heterocycles. The van der Waals surface area contributed by atoms with Crippen molar-refractivity contribution in [3.8, 4) is 0 Å². The SMILES string of the molecule is CCCC(COC)NC1C(C)CCCC1C. The maximum absolute atomic E-state index is 5.31. The summed E-state index contributed by atoms with van der Waals surface area (Å²) >= 11 is 0. The molecule has 0 saturated heterocycles. The third-order valence-corrected chi connectivity index (χ3v) is 3.98. The van der Waals surface area contributed by atoms with Crippen LogP contribution in [0.5, 0.6) is 0 Å². The highest BCUT2D eigenvalue weighted by Gasteiger charge is 2.28. The monoisotopic (exact) mass is 227 g/mol. The fourth-order valence-electron chi connectivity index (χ4n) is 3.05. The third-order valence-electron chi connectivity index (χ3n) is 3.98. The van der Waals surface area contributed by atoms with Gasteiger partial charge in [-0.1, -0.05) is 33.6 Å². The van der Waals surface area contributed by atoms with Gasteiger partial charge in [0.25, 0.3) is 0 Å². The van der Waals surface area contributed by atoms with E-state index in [1.54, 1.807) is 7.11 Å². The molecule has 1 N–H and O–H groups in total. The Kier molecular flexibility index (Phi) is 6.37. The van der Waals surface area contributed by atoms with Crippen molar-refractivity contribution in [1.29, 1.82) is 0 Å². The molecule has 1 aliphatic rings. The third kappa shape index (κ3) is 4.06. The lowest BCUT2D eigenvalue weighted by molar-refractivity contribution is 0.126. The highest BCUT2D eigenvalue weighted by molar-refractivity contribution is 4.85. The van der Waals surface area contributed by atoms with Gasteiger partial charge in [0.05, 0.1) is 6.61 Å². The van der Waals surface area contributed by atoms with Crippen molar-refractivity contribution < 1.29 is 4.74 Å². The van der Waals surface area contributed by atoms with Crippen molar-refractivity contribution in [3.63, 3.8) is 0 Å². The second-order valence-electron chi connectivity index (χ2n) is 5.52. The lowest BCUT2D eigenvalue weighted by Crippen LogP contribution is -2.49. The van der Waals surface area contributed by atoms with Gasteiger partial charge in [0.1, 0.15) is 0 Å². The van der Waals surface area contributed by atoms with Crippen molar-refractivity contribution in [2.24, 2.45) is 11.8 Å². The molecule has 16 heavy (non-hydrogen) atoms. The highest BCUT2D eigenvalue weighted by atomic mass is 16.5. The summed E-state index contributed by atoms with van der Waals surface area (Å²) in [4.78, 5) is 0. The van der Waals surface area contributed by atoms with E-state index in [-0.39, 0.29) is 0 Å². The van der Waals surface area contributed by atoms with Crippen molar-refractivity contribution in [2.45, 2.75) is 65.0 Å². The largest absolute Gasteiger partial charge is 0.383 e. The van der Waals surface area contributed by atoms with Crippen LogP contribution in [0.3, 0.4) is 0 Å². The lowest BCUT2D eigenvalue weighted by atomic mass is 9.78. The number of hydrogen-bond donors (Lipinski definition) is 1. The van der Waals surface area contributed by atoms with Crippen LogP contribution in [-0.2, 0) is 4.74 Å². The van der Waals surface area contributed by atoms with Crippen LogP contribution in [0.1, 0.15) is 52.9 Å². The van der Waals surface area contributed by atoms with Gasteiger partial charge in [-0.25, -0.2) is 0 Å². The minimum absolute atomic E-state index is 0.544. The Morgan fingerprint density at radius 1 is 1.25 bits per heavy atom. The molecule has 1 saturated carbocycles. The molecule has 1 aliphatic carbocycles. The topological polar surface area (TPSA) is 21.3 Å². The van der Waals surface area contributed by atoms with Crippen LogP contribution in [0, 0.1) is 11.8 Å². The number of nitrogens with one attached hydrogen (secondary N) is 1. The van der Waals surface area contributed by atoms with E-state index in [1.807, 2.05) is 0 Å². The Balaban J connectivity index is 2.46. The zero-order valence-electron chi connectivity index (χ0n) is 11.5. The molecular weight excluding hydrogens is 198 g/mol. The van der Waals surface area contributed by atoms with Crippen molar-refractivity contribution in [2.75, 3.05) is 13.7 Å². The maximum atomic E-state index is 5.31. The molecule has 1 rings (SSSR count). The molecule has 0 aromatic carbocycles. The number of rotatable bonds is 6. The Morgan fingerprint density at radius 3 is 2.38 bits per heavy atom. The van der Waals surface area contributed by atoms with Crippen LogP contribution in [0.15, 0.2) is 0 Å². The fraction of sp³-hybridized carbons (Fsp3) is 1.00. The number of methoxy groups -OCH3 is 1. The first-order valence-electron chi connectivity index (χ1n) is 6.94. The van der Waals surface area contributed by atoms with E-state index in [2.05, 4.69) is 26.1 Å². The molecular formula is C14H29NO. The Labute approximate surface area is 101 Å². The molecule has 1 fully saturated rings. The van der Waals surface area contributed by atoms with Gasteiger partial charge in [-0.05, 0) is 31.1 Å². The quantitative estimate of drug-likeness (QED) is 0.752. The summed E-state index contributed by atoms with van der Waals surface area (Å²) in [6.07, 6.45) is 6.63. The second kappa shape index (κ2) is 7.29. The van der Waals surface area contributed by atoms with E-state index in [1.165, 1.54) is 32.1 Å². The molecule has 0 radical (unpaired) electrons. The van der Waals surface area contributed by atoms with Crippen molar-refractivity contribution in [1.82, 2.24) is 5.32 Å². The first kappa shape index (κ1) is 14.0. The standard InChI is InChI=1S/C14H29NO/c1-5-7-13(10-16-4)15-14-11(2)8-6-9-12(14)3/h11-15H,5-10H2,1-4H3. The van der Waals surface area contributed by atoms with Gasteiger partial charge in [-0.15, -0.1) is 0 Å². The van der Waals surface area contributed by atoms with Gasteiger partial charge in [0, 0.05) is 19.2 Å². The molecule has 0 amide bonds. The van der Waals surface area contributed by atoms with E-state index in [9.17, 15) is 0 Å². The minimum atomic E-state index is 0.544. The van der Waals surface area contributed by atoms with Gasteiger partial charge in [-0.2, -0.15) is 0 Å². The Hall–Kier alpha value is -0.0800. The summed E-state index contributed by atoms with van der Waals surface area (Å²) in [7, 11) is 1.80. The number of hydrogen-bond acceptors (Lipinski definition) is 2. The first-order chi connectivity index (χ1) is 7.69. The van der Waals surface area contributed by atoms with Crippen molar-refractivity contribution in [3.05, 3.63) is 0 Å². The molecule has 0 spiro atoms. The van der Waals surface area contributed by atoms with E-state index in [4.69, 9.17) is 4.74 Å². The van der Waals surface area contributed by atoms with Gasteiger partial charge < -0.3 is 10.1 Å². The molecule has 0 aliphatic heterocycles. The van der Waals surface area contributed by atoms with Crippen LogP contribution in [0.4, 0.5) is 0 Å². The molecule has 96 valence electrons. The van der Waals surface area contributed by atoms with E-state index < -0.39 is 0 Å². The number of ether oxygens (including phenoxy) is 1. The van der Waals surface area contributed by atoms with Gasteiger partial charge in [-0.3, -0.25) is 0 Å². The average molecular weight is 227 g/mol. The molecule has 0 aromatic rings. The summed E-state index contributed by atoms with van der Waals surface area (Å²) in [6.45, 7) is 7.88. The molecule has 0 bridgehead atoms. The normalized spacial score (nSPS) is 32.6. The van der Waals surface area contributed by atoms with E-state index in [0.29, 0.717) is 12.1 Å². The second-order valence-corrected chi connectivity index (χ2v) is 5.52. The van der Waals surface area contributed by atoms with E-state index >= 15 is 0 Å². The predicted molar refractivity (Wildman–Crippen MR) is 69.7 cm³/mol. The minimum Gasteiger partial charge on any atom is -0.383 e. The predicted octanol–water partition coefficient (Wildman–Crippen LogP) is 3.22. The lowest BCUT2D eigenvalue weighted by Gasteiger charge is -2.38. The maximum Gasteiger partial charge on any atom is 0.0615 e. The van der Waals surface area contributed by atoms with Gasteiger partial charge in [0.2, 0.25) is 0 Å². The van der Waals surface area contributed by atoms with E-state index in [0.717, 1.165) is 18.4 Å². The van der Waals surface area contributed by atoms with Crippen LogP contribution in [0.25, 0.3) is 0 Å². The van der Waals surface area contributed by atoms with Crippen LogP contribution >= 0.6 is 0 Å². The van der Waals surface area contributed by atoms with Gasteiger partial charge in [0.15, 0.2) is 0 Å². The Bertz CT molecular complexity index is 168. The summed E-state index contributed by atoms with van der Waals surface area (Å²) < 4.78 is 5.31.